The van der Waals surface area contributed by atoms with Crippen LogP contribution in [0.5, 0.6) is 0 Å². The van der Waals surface area contributed by atoms with Crippen molar-refractivity contribution in [2.75, 3.05) is 0 Å². The van der Waals surface area contributed by atoms with Crippen LogP contribution < -0.4 is 0 Å². The number of halogens is 6. The van der Waals surface area contributed by atoms with Crippen LogP contribution in [0, 0.1) is 0 Å². The first-order valence-corrected chi connectivity index (χ1v) is 19.8. The zero-order chi connectivity index (χ0) is 20.5. The topological polar surface area (TPSA) is 28.1 Å². The Kier molecular flexibility index (Phi) is 5.56. The molecule has 0 bridgehead atoms. The van der Waals surface area contributed by atoms with Gasteiger partial charge in [0.05, 0.1) is 0 Å². The minimum atomic E-state index is -5.56. The predicted octanol–water partition coefficient (Wildman–Crippen LogP) is 6.68. The molecule has 1 fully saturated rings. The molecule has 0 aromatic carbocycles. The van der Waals surface area contributed by atoms with E-state index in [9.17, 15) is 26.3 Å². The number of hydrogen-bond acceptors (Lipinski definition) is 2. The lowest BCUT2D eigenvalue weighted by Crippen LogP contribution is -2.58. The first-order chi connectivity index (χ1) is 10.5. The maximum Gasteiger partial charge on any atom is 0.436 e. The highest BCUT2D eigenvalue weighted by atomic mass is 31.2. The van der Waals surface area contributed by atoms with Crippen LogP contribution in [0.15, 0.2) is 4.41 Å². The van der Waals surface area contributed by atoms with Gasteiger partial charge in [0.25, 0.3) is 0 Å². The lowest BCUT2D eigenvalue weighted by atomic mass is 10.3. The number of rotatable bonds is 4. The molecule has 1 aliphatic rings. The summed E-state index contributed by atoms with van der Waals surface area (Å²) in [5, 5.41) is -4.14. The van der Waals surface area contributed by atoms with Crippen LogP contribution >= 0.6 is 7.43 Å². The Morgan fingerprint density at radius 2 is 1.08 bits per heavy atom. The van der Waals surface area contributed by atoms with Gasteiger partial charge >= 0.3 is 17.7 Å². The van der Waals surface area contributed by atoms with Crippen molar-refractivity contribution in [1.29, 1.82) is 0 Å². The average molecular weight is 445 g/mol. The third kappa shape index (κ3) is 3.98. The van der Waals surface area contributed by atoms with Crippen LogP contribution in [0.4, 0.5) is 26.3 Å². The molecule has 1 saturated heterocycles. The maximum absolute atomic E-state index is 13.7. The third-order valence-corrected chi connectivity index (χ3v) is 21.0. The van der Waals surface area contributed by atoms with Crippen molar-refractivity contribution in [3.05, 3.63) is 0 Å². The number of hydrogen-bond donors (Lipinski definition) is 0. The van der Waals surface area contributed by atoms with Gasteiger partial charge in [-0.15, -0.1) is 0 Å². The van der Waals surface area contributed by atoms with Gasteiger partial charge in [-0.3, -0.25) is 8.53 Å². The summed E-state index contributed by atoms with van der Waals surface area (Å²) in [6, 6.07) is 0. The van der Waals surface area contributed by atoms with Gasteiger partial charge in [0.1, 0.15) is 16.5 Å². The lowest BCUT2D eigenvalue weighted by Gasteiger charge is -2.45. The Labute approximate surface area is 148 Å². The van der Waals surface area contributed by atoms with E-state index in [1.54, 1.807) is 58.9 Å². The van der Waals surface area contributed by atoms with Gasteiger partial charge in [-0.05, 0) is 19.6 Å². The fraction of sp³-hybridized carbons (Fsp3) is 1.00. The fourth-order valence-electron chi connectivity index (χ4n) is 3.30. The van der Waals surface area contributed by atoms with Crippen LogP contribution in [0.3, 0.4) is 0 Å². The van der Waals surface area contributed by atoms with Crippen LogP contribution in [-0.2, 0) is 4.52 Å². The Hall–Kier alpha value is 0.381. The molecule has 0 saturated carbocycles. The lowest BCUT2D eigenvalue weighted by molar-refractivity contribution is -0.288. The van der Waals surface area contributed by atoms with Crippen molar-refractivity contribution in [2.45, 2.75) is 76.6 Å². The molecular formula is C12H27F6N2OPSi3. The molecule has 0 N–H and O–H groups in total. The second kappa shape index (κ2) is 5.94. The molecule has 1 atom stereocenters. The van der Waals surface area contributed by atoms with Gasteiger partial charge in [-0.1, -0.05) is 39.3 Å². The van der Waals surface area contributed by atoms with E-state index < -0.39 is 49.8 Å². The van der Waals surface area contributed by atoms with Gasteiger partial charge < -0.3 is 4.41 Å². The molecule has 150 valence electrons. The normalized spacial score (nSPS) is 25.3. The zero-order valence-corrected chi connectivity index (χ0v) is 19.9. The summed E-state index contributed by atoms with van der Waals surface area (Å²) in [7, 11) is -12.1. The van der Waals surface area contributed by atoms with Gasteiger partial charge in [0, 0.05) is 0 Å². The summed E-state index contributed by atoms with van der Waals surface area (Å²) in [5.41, 5.74) is 0. The number of nitrogens with zero attached hydrogens (tertiary/aromatic N) is 2. The second-order valence-electron chi connectivity index (χ2n) is 9.20. The molecule has 0 aliphatic carbocycles. The van der Waals surface area contributed by atoms with Gasteiger partial charge in [-0.2, -0.15) is 26.3 Å². The highest BCUT2D eigenvalue weighted by Crippen LogP contribution is 2.91. The minimum absolute atomic E-state index is 1.49. The van der Waals surface area contributed by atoms with Gasteiger partial charge in [-0.25, -0.2) is 0 Å². The highest BCUT2D eigenvalue weighted by Gasteiger charge is 2.94. The van der Waals surface area contributed by atoms with E-state index in [4.69, 9.17) is 4.52 Å². The summed E-state index contributed by atoms with van der Waals surface area (Å²) in [5.74, 6) is 0. The Morgan fingerprint density at radius 3 is 1.24 bits per heavy atom. The molecule has 1 unspecified atom stereocenters. The van der Waals surface area contributed by atoms with E-state index in [0.29, 0.717) is 0 Å². The Bertz CT molecular complexity index is 558. The summed E-state index contributed by atoms with van der Waals surface area (Å²) in [6.07, 6.45) is -11.1. The summed E-state index contributed by atoms with van der Waals surface area (Å²) < 4.78 is 93.0. The SMILES string of the molecule is C[Si](C)(C)N=P1(N([Si](C)(C)C)[Si](C)(C)C)OC1(C(F)(F)F)C(F)(F)F. The molecule has 1 heterocycles. The van der Waals surface area contributed by atoms with Crippen molar-refractivity contribution in [1.82, 2.24) is 4.00 Å². The van der Waals surface area contributed by atoms with Crippen LogP contribution in [-0.4, -0.2) is 46.4 Å². The molecule has 0 amide bonds. The zero-order valence-electron chi connectivity index (χ0n) is 16.0. The molecule has 25 heavy (non-hydrogen) atoms. The smallest absolute Gasteiger partial charge is 0.301 e. The van der Waals surface area contributed by atoms with E-state index >= 15 is 0 Å². The second-order valence-corrected chi connectivity index (χ2v) is 27.4. The molecular weight excluding hydrogens is 417 g/mol. The molecule has 1 rings (SSSR count). The molecule has 0 spiro atoms. The van der Waals surface area contributed by atoms with E-state index in [2.05, 4.69) is 4.41 Å². The first-order valence-electron chi connectivity index (χ1n) is 7.82. The third-order valence-electron chi connectivity index (χ3n) is 3.38. The van der Waals surface area contributed by atoms with E-state index in [1.165, 1.54) is 4.00 Å². The predicted molar refractivity (Wildman–Crippen MR) is 97.2 cm³/mol. The van der Waals surface area contributed by atoms with Crippen molar-refractivity contribution in [3.8, 4) is 0 Å². The van der Waals surface area contributed by atoms with Crippen molar-refractivity contribution in [2.24, 2.45) is 4.41 Å². The molecule has 13 heteroatoms. The highest BCUT2D eigenvalue weighted by molar-refractivity contribution is 7.71. The van der Waals surface area contributed by atoms with Crippen molar-refractivity contribution >= 4 is 32.1 Å². The first kappa shape index (κ1) is 23.4. The largest absolute Gasteiger partial charge is 0.436 e. The van der Waals surface area contributed by atoms with Crippen LogP contribution in [0.1, 0.15) is 0 Å². The van der Waals surface area contributed by atoms with E-state index in [0.717, 1.165) is 0 Å². The molecule has 0 aromatic heterocycles. The molecule has 1 aliphatic heterocycles. The van der Waals surface area contributed by atoms with E-state index in [-0.39, 0.29) is 0 Å². The summed E-state index contributed by atoms with van der Waals surface area (Å²) >= 11 is 0. The van der Waals surface area contributed by atoms with Crippen molar-refractivity contribution < 1.29 is 30.9 Å². The monoisotopic (exact) mass is 444 g/mol. The van der Waals surface area contributed by atoms with Gasteiger partial charge in [0.15, 0.2) is 15.7 Å². The number of alkyl halides is 6. The molecule has 0 radical (unpaired) electrons. The maximum atomic E-state index is 13.7. The standard InChI is InChI=1S/C12H27F6N2OPSi3/c1-23(2,3)19-22(20(24(4,5)6)25(7,8)9)10(21-22,11(13,14)15)12(16,17)18/h1-9H3. The molecule has 3 nitrogen and oxygen atoms in total. The van der Waals surface area contributed by atoms with Crippen LogP contribution in [0.25, 0.3) is 0 Å². The Morgan fingerprint density at radius 1 is 0.760 bits per heavy atom. The summed E-state index contributed by atoms with van der Waals surface area (Å²) in [6.45, 7) is 15.5. The fourth-order valence-corrected chi connectivity index (χ4v) is 25.9. The van der Waals surface area contributed by atoms with Gasteiger partial charge in [0.2, 0.25) is 0 Å². The van der Waals surface area contributed by atoms with E-state index in [1.807, 2.05) is 0 Å². The average Bonchev–Trinajstić information content (AvgIpc) is 2.77. The van der Waals surface area contributed by atoms with Crippen molar-refractivity contribution in [3.63, 3.8) is 0 Å². The van der Waals surface area contributed by atoms with Crippen LogP contribution in [0.2, 0.25) is 58.9 Å². The summed E-state index contributed by atoms with van der Waals surface area (Å²) in [4.78, 5) is 0. The molecule has 0 aromatic rings. The Balaban J connectivity index is 3.95. The quantitative estimate of drug-likeness (QED) is 0.209. The minimum Gasteiger partial charge on any atom is -0.301 e.